The van der Waals surface area contributed by atoms with E-state index in [0.717, 1.165) is 25.1 Å². The molecule has 1 radical (unpaired) electrons. The maximum absolute atomic E-state index is 12.7. The Morgan fingerprint density at radius 1 is 1.29 bits per heavy atom. The Morgan fingerprint density at radius 3 is 2.54 bits per heavy atom. The minimum Gasteiger partial charge on any atom is -0.384 e. The van der Waals surface area contributed by atoms with Crippen LogP contribution in [0.25, 0.3) is 0 Å². The molecule has 1 atom stereocenters. The number of carbonyl (C=O) groups excluding carboxylic acids is 2. The molecule has 2 aliphatic heterocycles. The summed E-state index contributed by atoms with van der Waals surface area (Å²) >= 11 is 0. The SMILES string of the molecule is COCC1(c2ccc(N3C[C@@]4(C(N)=O)[CH]CCN4C3=O)cc2)CC1. The van der Waals surface area contributed by atoms with Crippen molar-refractivity contribution in [2.24, 2.45) is 5.73 Å². The molecular formula is C18H22N3O3. The van der Waals surface area contributed by atoms with Gasteiger partial charge in [-0.25, -0.2) is 4.79 Å². The summed E-state index contributed by atoms with van der Waals surface area (Å²) in [4.78, 5) is 27.9. The second-order valence-electron chi connectivity index (χ2n) is 7.06. The molecule has 2 N–H and O–H groups in total. The fourth-order valence-electron chi connectivity index (χ4n) is 4.06. The largest absolute Gasteiger partial charge is 0.384 e. The molecule has 3 amide bonds. The number of anilines is 1. The van der Waals surface area contributed by atoms with Crippen molar-refractivity contribution in [2.45, 2.75) is 30.2 Å². The van der Waals surface area contributed by atoms with Crippen LogP contribution >= 0.6 is 0 Å². The normalized spacial score (nSPS) is 27.5. The highest BCUT2D eigenvalue weighted by Crippen LogP contribution is 2.48. The lowest BCUT2D eigenvalue weighted by atomic mass is 9.95. The van der Waals surface area contributed by atoms with Crippen LogP contribution in [0.1, 0.15) is 24.8 Å². The van der Waals surface area contributed by atoms with E-state index in [-0.39, 0.29) is 11.4 Å². The molecule has 6 heteroatoms. The molecule has 1 saturated carbocycles. The van der Waals surface area contributed by atoms with Gasteiger partial charge >= 0.3 is 6.03 Å². The first-order chi connectivity index (χ1) is 11.5. The van der Waals surface area contributed by atoms with E-state index >= 15 is 0 Å². The number of fused-ring (bicyclic) bond motifs is 1. The van der Waals surface area contributed by atoms with Crippen molar-refractivity contribution in [3.8, 4) is 0 Å². The third kappa shape index (κ3) is 2.05. The second kappa shape index (κ2) is 5.21. The number of rotatable bonds is 5. The number of benzene rings is 1. The Morgan fingerprint density at radius 2 is 2.00 bits per heavy atom. The van der Waals surface area contributed by atoms with Crippen LogP contribution < -0.4 is 10.6 Å². The first-order valence-corrected chi connectivity index (χ1v) is 8.35. The standard InChI is InChI=1S/C18H22N3O3/c1-24-12-17(8-9-17)13-3-5-14(6-4-13)20-11-18(15(19)22)7-2-10-21(18)16(20)23/h3-7H,2,8-12H2,1H3,(H2,19,22)/t18-/m1/s1. The van der Waals surface area contributed by atoms with Crippen LogP contribution in [-0.4, -0.2) is 49.2 Å². The number of nitrogens with two attached hydrogens (primary N) is 1. The van der Waals surface area contributed by atoms with Crippen molar-refractivity contribution < 1.29 is 14.3 Å². The van der Waals surface area contributed by atoms with Crippen molar-refractivity contribution in [1.82, 2.24) is 4.90 Å². The zero-order valence-corrected chi connectivity index (χ0v) is 13.8. The minimum atomic E-state index is -0.955. The van der Waals surface area contributed by atoms with Gasteiger partial charge in [-0.15, -0.1) is 0 Å². The molecule has 127 valence electrons. The lowest BCUT2D eigenvalue weighted by Gasteiger charge is -2.25. The van der Waals surface area contributed by atoms with E-state index in [4.69, 9.17) is 10.5 Å². The molecule has 1 aromatic carbocycles. The van der Waals surface area contributed by atoms with Gasteiger partial charge in [0, 0.05) is 31.2 Å². The van der Waals surface area contributed by atoms with Crippen LogP contribution in [0.5, 0.6) is 0 Å². The Bertz CT molecular complexity index is 683. The van der Waals surface area contributed by atoms with Crippen molar-refractivity contribution >= 4 is 17.6 Å². The van der Waals surface area contributed by atoms with Crippen molar-refractivity contribution in [2.75, 3.05) is 31.7 Å². The zero-order valence-electron chi connectivity index (χ0n) is 13.8. The Labute approximate surface area is 141 Å². The predicted octanol–water partition coefficient (Wildman–Crippen LogP) is 1.44. The lowest BCUT2D eigenvalue weighted by Crippen LogP contribution is -2.53. The highest BCUT2D eigenvalue weighted by Gasteiger charge is 2.57. The molecule has 6 nitrogen and oxygen atoms in total. The molecule has 2 heterocycles. The fraction of sp³-hybridized carbons (Fsp3) is 0.500. The summed E-state index contributed by atoms with van der Waals surface area (Å²) in [7, 11) is 1.73. The van der Waals surface area contributed by atoms with Crippen LogP contribution in [0.15, 0.2) is 24.3 Å². The van der Waals surface area contributed by atoms with Gasteiger partial charge in [0.1, 0.15) is 5.54 Å². The average molecular weight is 328 g/mol. The van der Waals surface area contributed by atoms with Gasteiger partial charge in [-0.2, -0.15) is 0 Å². The van der Waals surface area contributed by atoms with Crippen LogP contribution in [0.3, 0.4) is 0 Å². The highest BCUT2D eigenvalue weighted by atomic mass is 16.5. The molecule has 0 bridgehead atoms. The molecule has 0 spiro atoms. The number of urea groups is 1. The number of ether oxygens (including phenoxy) is 1. The van der Waals surface area contributed by atoms with Crippen molar-refractivity contribution in [3.05, 3.63) is 36.2 Å². The first kappa shape index (κ1) is 15.4. The second-order valence-corrected chi connectivity index (χ2v) is 7.06. The third-order valence-corrected chi connectivity index (χ3v) is 5.67. The van der Waals surface area contributed by atoms with Crippen molar-refractivity contribution in [1.29, 1.82) is 0 Å². The summed E-state index contributed by atoms with van der Waals surface area (Å²) in [5.41, 5.74) is 6.84. The van der Waals surface area contributed by atoms with Crippen LogP contribution in [0.4, 0.5) is 10.5 Å². The maximum Gasteiger partial charge on any atom is 0.325 e. The van der Waals surface area contributed by atoms with Gasteiger partial charge in [-0.1, -0.05) is 12.1 Å². The molecule has 3 aliphatic rings. The number of hydrogen-bond donors (Lipinski definition) is 1. The van der Waals surface area contributed by atoms with Gasteiger partial charge < -0.3 is 15.4 Å². The predicted molar refractivity (Wildman–Crippen MR) is 89.5 cm³/mol. The van der Waals surface area contributed by atoms with E-state index in [1.165, 1.54) is 5.56 Å². The lowest BCUT2D eigenvalue weighted by molar-refractivity contribution is -0.124. The number of methoxy groups -OCH3 is 1. The molecule has 0 unspecified atom stereocenters. The summed E-state index contributed by atoms with van der Waals surface area (Å²) in [6, 6.07) is 7.91. The molecule has 1 aliphatic carbocycles. The van der Waals surface area contributed by atoms with E-state index in [1.807, 2.05) is 18.6 Å². The minimum absolute atomic E-state index is 0.143. The van der Waals surface area contributed by atoms with Crippen LogP contribution in [0.2, 0.25) is 0 Å². The van der Waals surface area contributed by atoms with E-state index < -0.39 is 11.4 Å². The van der Waals surface area contributed by atoms with Gasteiger partial charge in [0.2, 0.25) is 5.91 Å². The molecule has 3 fully saturated rings. The fourth-order valence-corrected chi connectivity index (χ4v) is 4.06. The van der Waals surface area contributed by atoms with E-state index in [0.29, 0.717) is 19.5 Å². The number of nitrogens with zero attached hydrogens (tertiary/aromatic N) is 2. The first-order valence-electron chi connectivity index (χ1n) is 8.35. The number of primary amides is 1. The van der Waals surface area contributed by atoms with E-state index in [2.05, 4.69) is 12.1 Å². The van der Waals surface area contributed by atoms with Gasteiger partial charge in [0.05, 0.1) is 13.2 Å². The van der Waals surface area contributed by atoms with Crippen LogP contribution in [0, 0.1) is 6.42 Å². The monoisotopic (exact) mass is 328 g/mol. The number of carbonyl (C=O) groups is 2. The molecule has 1 aromatic rings. The van der Waals surface area contributed by atoms with Crippen LogP contribution in [-0.2, 0) is 14.9 Å². The molecular weight excluding hydrogens is 306 g/mol. The summed E-state index contributed by atoms with van der Waals surface area (Å²) in [5.74, 6) is -0.454. The number of amides is 3. The molecule has 2 saturated heterocycles. The smallest absolute Gasteiger partial charge is 0.325 e. The maximum atomic E-state index is 12.7. The van der Waals surface area contributed by atoms with Gasteiger partial charge in [-0.05, 0) is 37.0 Å². The van der Waals surface area contributed by atoms with Gasteiger partial charge in [0.15, 0.2) is 0 Å². The quantitative estimate of drug-likeness (QED) is 0.888. The Kier molecular flexibility index (Phi) is 3.35. The summed E-state index contributed by atoms with van der Waals surface area (Å²) < 4.78 is 5.33. The topological polar surface area (TPSA) is 75.9 Å². The van der Waals surface area contributed by atoms with E-state index in [1.54, 1.807) is 16.9 Å². The van der Waals surface area contributed by atoms with Gasteiger partial charge in [-0.3, -0.25) is 9.69 Å². The summed E-state index contributed by atoms with van der Waals surface area (Å²) in [5, 5.41) is 0. The molecule has 4 rings (SSSR count). The third-order valence-electron chi connectivity index (χ3n) is 5.67. The average Bonchev–Trinajstić information content (AvgIpc) is 3.13. The number of hydrogen-bond acceptors (Lipinski definition) is 3. The van der Waals surface area contributed by atoms with Crippen molar-refractivity contribution in [3.63, 3.8) is 0 Å². The molecule has 24 heavy (non-hydrogen) atoms. The highest BCUT2D eigenvalue weighted by molar-refractivity contribution is 6.04. The summed E-state index contributed by atoms with van der Waals surface area (Å²) in [6.45, 7) is 1.57. The Balaban J connectivity index is 1.59. The molecule has 0 aromatic heterocycles. The zero-order chi connectivity index (χ0) is 16.9. The van der Waals surface area contributed by atoms with E-state index in [9.17, 15) is 9.59 Å². The van der Waals surface area contributed by atoms with Gasteiger partial charge in [0.25, 0.3) is 0 Å². The summed E-state index contributed by atoms with van der Waals surface area (Å²) in [6.07, 6.45) is 4.85. The Hall–Kier alpha value is -2.08.